The Morgan fingerprint density at radius 3 is 2.38 bits per heavy atom. The monoisotopic (exact) mass is 366 g/mol. The predicted octanol–water partition coefficient (Wildman–Crippen LogP) is 5.27. The molecule has 0 heterocycles. The molecule has 0 atom stereocenters. The molecule has 0 spiro atoms. The minimum Gasteiger partial charge on any atom is -0.496 e. The van der Waals surface area contributed by atoms with Crippen LogP contribution in [0.15, 0.2) is 28.7 Å². The van der Waals surface area contributed by atoms with E-state index < -0.39 is 0 Å². The first-order valence-corrected chi connectivity index (χ1v) is 7.67. The summed E-state index contributed by atoms with van der Waals surface area (Å²) in [6.07, 6.45) is 0. The Morgan fingerprint density at radius 2 is 1.81 bits per heavy atom. The van der Waals surface area contributed by atoms with Gasteiger partial charge < -0.3 is 4.74 Å². The number of hydrogen-bond donors (Lipinski definition) is 0. The zero-order valence-electron chi connectivity index (χ0n) is 12.4. The van der Waals surface area contributed by atoms with Crippen molar-refractivity contribution in [3.63, 3.8) is 0 Å². The molecule has 21 heavy (non-hydrogen) atoms. The number of carbonyl (C=O) groups is 1. The summed E-state index contributed by atoms with van der Waals surface area (Å²) in [4.78, 5) is 12.9. The second kappa shape index (κ2) is 6.20. The number of ketones is 1. The smallest absolute Gasteiger partial charge is 0.197 e. The van der Waals surface area contributed by atoms with E-state index in [-0.39, 0.29) is 5.78 Å². The minimum atomic E-state index is -0.0839. The summed E-state index contributed by atoms with van der Waals surface area (Å²) in [7, 11) is 1.58. The van der Waals surface area contributed by atoms with Crippen molar-refractivity contribution < 1.29 is 9.53 Å². The van der Waals surface area contributed by atoms with Gasteiger partial charge in [-0.1, -0.05) is 27.5 Å². The molecule has 0 fully saturated rings. The molecule has 0 saturated heterocycles. The van der Waals surface area contributed by atoms with Crippen molar-refractivity contribution in [3.05, 3.63) is 61.6 Å². The normalized spacial score (nSPS) is 10.6. The highest BCUT2D eigenvalue weighted by Gasteiger charge is 2.21. The van der Waals surface area contributed by atoms with Crippen LogP contribution in [-0.4, -0.2) is 12.9 Å². The maximum atomic E-state index is 12.9. The van der Waals surface area contributed by atoms with Gasteiger partial charge in [0, 0.05) is 15.1 Å². The molecule has 0 amide bonds. The summed E-state index contributed by atoms with van der Waals surface area (Å²) in [5.41, 5.74) is 3.87. The number of rotatable bonds is 3. The number of hydrogen-bond acceptors (Lipinski definition) is 2. The Morgan fingerprint density at radius 1 is 1.14 bits per heavy atom. The lowest BCUT2D eigenvalue weighted by molar-refractivity contribution is 0.103. The second-order valence-electron chi connectivity index (χ2n) is 5.05. The largest absolute Gasteiger partial charge is 0.496 e. The number of ether oxygens (including phenoxy) is 1. The first-order valence-electron chi connectivity index (χ1n) is 6.50. The van der Waals surface area contributed by atoms with E-state index in [2.05, 4.69) is 15.9 Å². The maximum Gasteiger partial charge on any atom is 0.197 e. The van der Waals surface area contributed by atoms with Crippen LogP contribution in [0.2, 0.25) is 5.02 Å². The fourth-order valence-corrected chi connectivity index (χ4v) is 3.23. The molecule has 2 rings (SSSR count). The zero-order valence-corrected chi connectivity index (χ0v) is 14.7. The maximum absolute atomic E-state index is 12.9. The molecule has 110 valence electrons. The van der Waals surface area contributed by atoms with E-state index >= 15 is 0 Å². The van der Waals surface area contributed by atoms with Crippen molar-refractivity contribution >= 4 is 33.3 Å². The van der Waals surface area contributed by atoms with E-state index in [4.69, 9.17) is 16.3 Å². The molecule has 0 aromatic heterocycles. The van der Waals surface area contributed by atoms with Gasteiger partial charge in [0.25, 0.3) is 0 Å². The van der Waals surface area contributed by atoms with Gasteiger partial charge in [0.2, 0.25) is 0 Å². The average molecular weight is 368 g/mol. The van der Waals surface area contributed by atoms with Gasteiger partial charge in [-0.05, 0) is 61.7 Å². The lowest BCUT2D eigenvalue weighted by atomic mass is 9.95. The minimum absolute atomic E-state index is 0.0839. The molecule has 2 aromatic carbocycles. The third kappa shape index (κ3) is 3.14. The van der Waals surface area contributed by atoms with Crippen LogP contribution >= 0.6 is 27.5 Å². The number of methoxy groups -OCH3 is 1. The topological polar surface area (TPSA) is 26.3 Å². The van der Waals surface area contributed by atoms with Gasteiger partial charge in [-0.3, -0.25) is 4.79 Å². The molecule has 0 saturated carbocycles. The van der Waals surface area contributed by atoms with Gasteiger partial charge in [0.1, 0.15) is 5.75 Å². The SMILES string of the molecule is COc1c(C)cc(Br)c(C)c1C(=O)c1cc(C)cc(Cl)c1. The Kier molecular flexibility index (Phi) is 4.74. The first kappa shape index (κ1) is 16.1. The summed E-state index contributed by atoms with van der Waals surface area (Å²) >= 11 is 9.56. The van der Waals surface area contributed by atoms with Crippen LogP contribution in [0.3, 0.4) is 0 Å². The summed E-state index contributed by atoms with van der Waals surface area (Å²) in [5.74, 6) is 0.526. The Hall–Kier alpha value is -1.32. The van der Waals surface area contributed by atoms with Crippen LogP contribution in [0.4, 0.5) is 0 Å². The molecular formula is C17H16BrClO2. The number of halogens is 2. The molecule has 0 bridgehead atoms. The predicted molar refractivity (Wildman–Crippen MR) is 89.8 cm³/mol. The van der Waals surface area contributed by atoms with Crippen LogP contribution in [0.1, 0.15) is 32.6 Å². The third-order valence-corrected chi connectivity index (χ3v) is 4.44. The Bertz CT molecular complexity index is 703. The van der Waals surface area contributed by atoms with Crippen LogP contribution in [-0.2, 0) is 0 Å². The lowest BCUT2D eigenvalue weighted by Gasteiger charge is -2.15. The molecule has 0 aliphatic heterocycles. The molecule has 0 radical (unpaired) electrons. The molecule has 0 N–H and O–H groups in total. The molecule has 4 heteroatoms. The van der Waals surface area contributed by atoms with Gasteiger partial charge in [0.15, 0.2) is 5.78 Å². The molecule has 0 aliphatic carbocycles. The Labute approximate surface area is 138 Å². The van der Waals surface area contributed by atoms with E-state index in [1.165, 1.54) is 0 Å². The number of benzene rings is 2. The van der Waals surface area contributed by atoms with Gasteiger partial charge in [-0.15, -0.1) is 0 Å². The van der Waals surface area contributed by atoms with E-state index in [1.54, 1.807) is 13.2 Å². The van der Waals surface area contributed by atoms with Crippen LogP contribution in [0.25, 0.3) is 0 Å². The van der Waals surface area contributed by atoms with E-state index in [1.807, 2.05) is 39.0 Å². The third-order valence-electron chi connectivity index (χ3n) is 3.40. The van der Waals surface area contributed by atoms with Gasteiger partial charge in [-0.25, -0.2) is 0 Å². The molecular weight excluding hydrogens is 352 g/mol. The summed E-state index contributed by atoms with van der Waals surface area (Å²) < 4.78 is 6.33. The summed E-state index contributed by atoms with van der Waals surface area (Å²) in [6, 6.07) is 7.30. The zero-order chi connectivity index (χ0) is 15.7. The highest BCUT2D eigenvalue weighted by molar-refractivity contribution is 9.10. The summed E-state index contributed by atoms with van der Waals surface area (Å²) in [6.45, 7) is 5.73. The second-order valence-corrected chi connectivity index (χ2v) is 6.35. The van der Waals surface area contributed by atoms with Gasteiger partial charge >= 0.3 is 0 Å². The molecule has 2 nitrogen and oxygen atoms in total. The van der Waals surface area contributed by atoms with Crippen molar-refractivity contribution in [2.45, 2.75) is 20.8 Å². The van der Waals surface area contributed by atoms with E-state index in [9.17, 15) is 4.79 Å². The highest BCUT2D eigenvalue weighted by Crippen LogP contribution is 2.34. The summed E-state index contributed by atoms with van der Waals surface area (Å²) in [5, 5.41) is 0.557. The first-order chi connectivity index (χ1) is 9.85. The molecule has 2 aromatic rings. The number of aryl methyl sites for hydroxylation is 2. The van der Waals surface area contributed by atoms with Crippen molar-refractivity contribution in [1.82, 2.24) is 0 Å². The average Bonchev–Trinajstić information content (AvgIpc) is 2.40. The highest BCUT2D eigenvalue weighted by atomic mass is 79.9. The fourth-order valence-electron chi connectivity index (χ4n) is 2.40. The molecule has 0 unspecified atom stereocenters. The van der Waals surface area contributed by atoms with Crippen LogP contribution in [0, 0.1) is 20.8 Å². The fraction of sp³-hybridized carbons (Fsp3) is 0.235. The van der Waals surface area contributed by atoms with Crippen molar-refractivity contribution in [2.24, 2.45) is 0 Å². The molecule has 0 aliphatic rings. The van der Waals surface area contributed by atoms with Crippen molar-refractivity contribution in [2.75, 3.05) is 7.11 Å². The van der Waals surface area contributed by atoms with Crippen LogP contribution < -0.4 is 4.74 Å². The van der Waals surface area contributed by atoms with Gasteiger partial charge in [-0.2, -0.15) is 0 Å². The van der Waals surface area contributed by atoms with E-state index in [0.717, 1.165) is 21.2 Å². The van der Waals surface area contributed by atoms with Crippen molar-refractivity contribution in [3.8, 4) is 5.75 Å². The number of carbonyl (C=O) groups excluding carboxylic acids is 1. The van der Waals surface area contributed by atoms with Crippen LogP contribution in [0.5, 0.6) is 5.75 Å². The lowest BCUT2D eigenvalue weighted by Crippen LogP contribution is -2.08. The van der Waals surface area contributed by atoms with E-state index in [0.29, 0.717) is 21.9 Å². The van der Waals surface area contributed by atoms with Crippen molar-refractivity contribution in [1.29, 1.82) is 0 Å². The standard InChI is InChI=1S/C17H16BrClO2/c1-9-5-12(8-13(19)6-9)16(20)15-11(3)14(18)7-10(2)17(15)21-4/h5-8H,1-4H3. The van der Waals surface area contributed by atoms with Gasteiger partial charge in [0.05, 0.1) is 12.7 Å². The Balaban J connectivity index is 2.68. The quantitative estimate of drug-likeness (QED) is 0.691.